The molecule has 3 N–H and O–H groups in total. The van der Waals surface area contributed by atoms with Crippen molar-refractivity contribution in [3.05, 3.63) is 65.4 Å². The third kappa shape index (κ3) is 4.80. The van der Waals surface area contributed by atoms with Gasteiger partial charge < -0.3 is 15.2 Å². The fourth-order valence-electron chi connectivity index (χ4n) is 3.23. The maximum absolute atomic E-state index is 12.8. The molecule has 3 aromatic rings. The quantitative estimate of drug-likeness (QED) is 0.431. The Kier molecular flexibility index (Phi) is 5.79. The molecule has 0 spiro atoms. The molecule has 8 nitrogen and oxygen atoms in total. The van der Waals surface area contributed by atoms with Gasteiger partial charge in [-0.25, -0.2) is 5.43 Å². The van der Waals surface area contributed by atoms with E-state index in [2.05, 4.69) is 15.5 Å². The van der Waals surface area contributed by atoms with Gasteiger partial charge in [0.2, 0.25) is 0 Å². The van der Waals surface area contributed by atoms with Crippen LogP contribution in [0.25, 0.3) is 10.9 Å². The molecular weight excluding hydrogens is 396 g/mol. The van der Waals surface area contributed by atoms with E-state index >= 15 is 0 Å². The largest absolute Gasteiger partial charge is 0.493 e. The number of primary amides is 1. The first-order valence-electron chi connectivity index (χ1n) is 9.87. The monoisotopic (exact) mass is 418 g/mol. The number of hydrogen-bond donors (Lipinski definition) is 2. The Hall–Kier alpha value is -3.94. The van der Waals surface area contributed by atoms with Crippen LogP contribution in [-0.4, -0.2) is 36.7 Å². The average Bonchev–Trinajstić information content (AvgIpc) is 3.62. The van der Waals surface area contributed by atoms with E-state index < -0.39 is 5.91 Å². The molecular formula is C23H22N4O4. The number of carbonyl (C=O) groups excluding carboxylic acids is 2. The van der Waals surface area contributed by atoms with Crippen LogP contribution in [0, 0.1) is 0 Å². The number of fused-ring (bicyclic) bond motifs is 1. The summed E-state index contributed by atoms with van der Waals surface area (Å²) in [6.07, 6.45) is 3.71. The molecule has 2 aromatic carbocycles. The first-order valence-corrected chi connectivity index (χ1v) is 9.87. The smallest absolute Gasteiger partial charge is 0.272 e. The van der Waals surface area contributed by atoms with Gasteiger partial charge in [0, 0.05) is 17.0 Å². The van der Waals surface area contributed by atoms with Crippen LogP contribution in [0.2, 0.25) is 0 Å². The lowest BCUT2D eigenvalue weighted by molar-refractivity contribution is -0.119. The highest BCUT2D eigenvalue weighted by Crippen LogP contribution is 2.40. The van der Waals surface area contributed by atoms with Crippen molar-refractivity contribution in [2.45, 2.75) is 18.8 Å². The minimum absolute atomic E-state index is 0.247. The number of nitrogens with zero attached hydrogens (tertiary/aromatic N) is 2. The number of rotatable bonds is 8. The van der Waals surface area contributed by atoms with Crippen molar-refractivity contribution in [1.82, 2.24) is 10.4 Å². The SMILES string of the molecule is COc1cc(/C=N\NC(=O)c2cc(C3CC3)nc3ccccc23)ccc1OCC(N)=O. The number of methoxy groups -OCH3 is 1. The summed E-state index contributed by atoms with van der Waals surface area (Å²) < 4.78 is 10.6. The summed E-state index contributed by atoms with van der Waals surface area (Å²) in [4.78, 5) is 28.4. The molecule has 0 radical (unpaired) electrons. The molecule has 8 heteroatoms. The van der Waals surface area contributed by atoms with Gasteiger partial charge in [-0.05, 0) is 48.7 Å². The summed E-state index contributed by atoms with van der Waals surface area (Å²) in [5.74, 6) is 0.362. The average molecular weight is 418 g/mol. The number of carbonyl (C=O) groups is 2. The molecule has 1 aliphatic rings. The Morgan fingerprint density at radius 1 is 1.19 bits per heavy atom. The van der Waals surface area contributed by atoms with Gasteiger partial charge in [0.25, 0.3) is 11.8 Å². The number of hydrogen-bond acceptors (Lipinski definition) is 6. The van der Waals surface area contributed by atoms with Crippen LogP contribution in [0.15, 0.2) is 53.6 Å². The van der Waals surface area contributed by atoms with E-state index in [-0.39, 0.29) is 12.5 Å². The van der Waals surface area contributed by atoms with E-state index in [4.69, 9.17) is 15.2 Å². The Labute approximate surface area is 179 Å². The van der Waals surface area contributed by atoms with Crippen LogP contribution in [0.1, 0.15) is 40.4 Å². The maximum Gasteiger partial charge on any atom is 0.272 e. The van der Waals surface area contributed by atoms with Crippen molar-refractivity contribution in [3.8, 4) is 11.5 Å². The predicted molar refractivity (Wildman–Crippen MR) is 116 cm³/mol. The Morgan fingerprint density at radius 3 is 2.74 bits per heavy atom. The molecule has 1 saturated carbocycles. The van der Waals surface area contributed by atoms with E-state index in [9.17, 15) is 9.59 Å². The fourth-order valence-corrected chi connectivity index (χ4v) is 3.23. The van der Waals surface area contributed by atoms with E-state index in [0.717, 1.165) is 29.4 Å². The number of ether oxygens (including phenoxy) is 2. The zero-order chi connectivity index (χ0) is 21.8. The lowest BCUT2D eigenvalue weighted by Crippen LogP contribution is -2.20. The molecule has 4 rings (SSSR count). The zero-order valence-electron chi connectivity index (χ0n) is 17.0. The molecule has 0 unspecified atom stereocenters. The number of aromatic nitrogens is 1. The molecule has 2 amide bonds. The van der Waals surface area contributed by atoms with E-state index in [1.807, 2.05) is 30.3 Å². The topological polar surface area (TPSA) is 116 Å². The van der Waals surface area contributed by atoms with E-state index in [1.165, 1.54) is 13.3 Å². The Balaban J connectivity index is 1.50. The van der Waals surface area contributed by atoms with Crippen molar-refractivity contribution in [2.24, 2.45) is 10.8 Å². The molecule has 1 aliphatic carbocycles. The second kappa shape index (κ2) is 8.83. The van der Waals surface area contributed by atoms with Gasteiger partial charge in [-0.3, -0.25) is 14.6 Å². The van der Waals surface area contributed by atoms with Crippen LogP contribution in [0.5, 0.6) is 11.5 Å². The molecule has 1 heterocycles. The van der Waals surface area contributed by atoms with Gasteiger partial charge in [0.1, 0.15) is 0 Å². The minimum Gasteiger partial charge on any atom is -0.493 e. The molecule has 0 bridgehead atoms. The standard InChI is InChI=1S/C23H22N4O4/c1-30-21-10-14(6-9-20(21)31-13-22(24)28)12-25-27-23(29)17-11-19(15-7-8-15)26-18-5-3-2-4-16(17)18/h2-6,9-12,15H,7-8,13H2,1H3,(H2,24,28)(H,27,29)/b25-12-. The predicted octanol–water partition coefficient (Wildman–Crippen LogP) is 2.75. The number of nitrogens with two attached hydrogens (primary N) is 1. The van der Waals surface area contributed by atoms with Crippen molar-refractivity contribution in [3.63, 3.8) is 0 Å². The highest BCUT2D eigenvalue weighted by Gasteiger charge is 2.26. The first kappa shape index (κ1) is 20.3. The number of para-hydroxylation sites is 1. The van der Waals surface area contributed by atoms with E-state index in [0.29, 0.717) is 28.5 Å². The molecule has 0 saturated heterocycles. The van der Waals surface area contributed by atoms with Crippen molar-refractivity contribution < 1.29 is 19.1 Å². The molecule has 1 aromatic heterocycles. The third-order valence-electron chi connectivity index (χ3n) is 4.91. The summed E-state index contributed by atoms with van der Waals surface area (Å²) in [5, 5.41) is 4.87. The lowest BCUT2D eigenvalue weighted by Gasteiger charge is -2.10. The molecule has 0 aliphatic heterocycles. The maximum atomic E-state index is 12.8. The molecule has 0 atom stereocenters. The Bertz CT molecular complexity index is 1170. The van der Waals surface area contributed by atoms with Gasteiger partial charge in [-0.2, -0.15) is 5.10 Å². The number of amides is 2. The van der Waals surface area contributed by atoms with Gasteiger partial charge in [-0.1, -0.05) is 18.2 Å². The number of hydrazone groups is 1. The summed E-state index contributed by atoms with van der Waals surface area (Å²) in [6.45, 7) is -0.247. The number of pyridine rings is 1. The highest BCUT2D eigenvalue weighted by molar-refractivity contribution is 6.06. The van der Waals surface area contributed by atoms with Crippen molar-refractivity contribution in [2.75, 3.05) is 13.7 Å². The van der Waals surface area contributed by atoms with Gasteiger partial charge >= 0.3 is 0 Å². The summed E-state index contributed by atoms with van der Waals surface area (Å²) in [5.41, 5.74) is 10.7. The molecule has 31 heavy (non-hydrogen) atoms. The number of benzene rings is 2. The van der Waals surface area contributed by atoms with Crippen LogP contribution >= 0.6 is 0 Å². The normalized spacial score (nSPS) is 13.3. The van der Waals surface area contributed by atoms with Gasteiger partial charge in [0.15, 0.2) is 18.1 Å². The van der Waals surface area contributed by atoms with Gasteiger partial charge in [-0.15, -0.1) is 0 Å². The molecule has 1 fully saturated rings. The van der Waals surface area contributed by atoms with Crippen molar-refractivity contribution >= 4 is 28.9 Å². The third-order valence-corrected chi connectivity index (χ3v) is 4.91. The first-order chi connectivity index (χ1) is 15.0. The number of nitrogens with one attached hydrogen (secondary N) is 1. The fraction of sp³-hybridized carbons (Fsp3) is 0.217. The zero-order valence-corrected chi connectivity index (χ0v) is 17.0. The second-order valence-electron chi connectivity index (χ2n) is 7.25. The van der Waals surface area contributed by atoms with E-state index in [1.54, 1.807) is 18.2 Å². The van der Waals surface area contributed by atoms with Crippen LogP contribution < -0.4 is 20.6 Å². The molecule has 158 valence electrons. The van der Waals surface area contributed by atoms with Crippen LogP contribution in [-0.2, 0) is 4.79 Å². The van der Waals surface area contributed by atoms with Gasteiger partial charge in [0.05, 0.1) is 24.4 Å². The highest BCUT2D eigenvalue weighted by atomic mass is 16.5. The van der Waals surface area contributed by atoms with Crippen LogP contribution in [0.3, 0.4) is 0 Å². The summed E-state index contributed by atoms with van der Waals surface area (Å²) >= 11 is 0. The summed E-state index contributed by atoms with van der Waals surface area (Å²) in [6, 6.07) is 14.5. The minimum atomic E-state index is -0.580. The lowest BCUT2D eigenvalue weighted by atomic mass is 10.1. The Morgan fingerprint density at radius 2 is 2.00 bits per heavy atom. The van der Waals surface area contributed by atoms with Crippen molar-refractivity contribution in [1.29, 1.82) is 0 Å². The summed E-state index contributed by atoms with van der Waals surface area (Å²) in [7, 11) is 1.49. The second-order valence-corrected chi connectivity index (χ2v) is 7.25. The van der Waals surface area contributed by atoms with Crippen LogP contribution in [0.4, 0.5) is 0 Å².